The number of amides is 2. The van der Waals surface area contributed by atoms with E-state index in [0.29, 0.717) is 47.2 Å². The molecule has 0 heterocycles. The van der Waals surface area contributed by atoms with E-state index in [1.165, 1.54) is 13.2 Å². The third-order valence-electron chi connectivity index (χ3n) is 4.23. The third kappa shape index (κ3) is 6.57. The van der Waals surface area contributed by atoms with Crippen molar-refractivity contribution in [2.45, 2.75) is 12.8 Å². The van der Waals surface area contributed by atoms with Gasteiger partial charge >= 0.3 is 0 Å². The first-order chi connectivity index (χ1) is 14.0. The molecule has 0 radical (unpaired) electrons. The standard InChI is InChI=1S/C21H25ClN2O5/c1-27-17-8-6-15(22)13-16(17)21(26)24-11-10-23-20(25)9-5-14-4-7-18(28-2)19(12-14)29-3/h4,6-8,12-13H,5,9-11H2,1-3H3,(H,23,25)(H,24,26). The van der Waals surface area contributed by atoms with Gasteiger partial charge in [0.25, 0.3) is 5.91 Å². The van der Waals surface area contributed by atoms with Crippen LogP contribution < -0.4 is 24.8 Å². The highest BCUT2D eigenvalue weighted by Crippen LogP contribution is 2.28. The maximum absolute atomic E-state index is 12.3. The van der Waals surface area contributed by atoms with Crippen molar-refractivity contribution < 1.29 is 23.8 Å². The second-order valence-corrected chi connectivity index (χ2v) is 6.58. The van der Waals surface area contributed by atoms with Gasteiger partial charge in [-0.15, -0.1) is 0 Å². The molecule has 29 heavy (non-hydrogen) atoms. The van der Waals surface area contributed by atoms with Crippen molar-refractivity contribution in [2.24, 2.45) is 0 Å². The molecule has 2 aromatic rings. The van der Waals surface area contributed by atoms with Crippen LogP contribution in [-0.4, -0.2) is 46.2 Å². The monoisotopic (exact) mass is 420 g/mol. The lowest BCUT2D eigenvalue weighted by molar-refractivity contribution is -0.121. The molecule has 0 spiro atoms. The summed E-state index contributed by atoms with van der Waals surface area (Å²) in [6, 6.07) is 10.4. The molecule has 2 N–H and O–H groups in total. The van der Waals surface area contributed by atoms with E-state index in [2.05, 4.69) is 10.6 Å². The van der Waals surface area contributed by atoms with Crippen LogP contribution in [0.5, 0.6) is 17.2 Å². The summed E-state index contributed by atoms with van der Waals surface area (Å²) >= 11 is 5.93. The quantitative estimate of drug-likeness (QED) is 0.577. The first-order valence-corrected chi connectivity index (χ1v) is 9.45. The molecule has 0 unspecified atom stereocenters. The molecule has 0 aromatic heterocycles. The molecule has 156 valence electrons. The van der Waals surface area contributed by atoms with Gasteiger partial charge in [0.05, 0.1) is 26.9 Å². The number of halogens is 1. The summed E-state index contributed by atoms with van der Waals surface area (Å²) in [7, 11) is 4.63. The number of aryl methyl sites for hydroxylation is 1. The molecule has 0 bridgehead atoms. The molecule has 2 aromatic carbocycles. The fourth-order valence-electron chi connectivity index (χ4n) is 2.71. The maximum Gasteiger partial charge on any atom is 0.255 e. The Hall–Kier alpha value is -2.93. The zero-order valence-electron chi connectivity index (χ0n) is 16.7. The van der Waals surface area contributed by atoms with Gasteiger partial charge < -0.3 is 24.8 Å². The zero-order valence-corrected chi connectivity index (χ0v) is 17.5. The average Bonchev–Trinajstić information content (AvgIpc) is 2.74. The summed E-state index contributed by atoms with van der Waals surface area (Å²) in [6.45, 7) is 0.607. The number of hydrogen-bond acceptors (Lipinski definition) is 5. The van der Waals surface area contributed by atoms with Crippen molar-refractivity contribution in [2.75, 3.05) is 34.4 Å². The Morgan fingerprint density at radius 2 is 1.52 bits per heavy atom. The van der Waals surface area contributed by atoms with Gasteiger partial charge in [0.2, 0.25) is 5.91 Å². The Morgan fingerprint density at radius 3 is 2.21 bits per heavy atom. The number of methoxy groups -OCH3 is 3. The van der Waals surface area contributed by atoms with Gasteiger partial charge in [0.1, 0.15) is 5.75 Å². The summed E-state index contributed by atoms with van der Waals surface area (Å²) < 4.78 is 15.6. The summed E-state index contributed by atoms with van der Waals surface area (Å²) in [5.74, 6) is 1.29. The van der Waals surface area contributed by atoms with E-state index < -0.39 is 0 Å². The molecule has 0 atom stereocenters. The first-order valence-electron chi connectivity index (χ1n) is 9.07. The van der Waals surface area contributed by atoms with E-state index in [1.807, 2.05) is 18.2 Å². The second kappa shape index (κ2) is 11.2. The van der Waals surface area contributed by atoms with E-state index in [4.69, 9.17) is 25.8 Å². The summed E-state index contributed by atoms with van der Waals surface area (Å²) in [5, 5.41) is 5.96. The van der Waals surface area contributed by atoms with Gasteiger partial charge in [-0.3, -0.25) is 9.59 Å². The molecule has 2 rings (SSSR count). The Morgan fingerprint density at radius 1 is 0.862 bits per heavy atom. The lowest BCUT2D eigenvalue weighted by atomic mass is 10.1. The fourth-order valence-corrected chi connectivity index (χ4v) is 2.89. The predicted octanol–water partition coefficient (Wildman–Crippen LogP) is 2.84. The average molecular weight is 421 g/mol. The van der Waals surface area contributed by atoms with Crippen LogP contribution in [0.4, 0.5) is 0 Å². The van der Waals surface area contributed by atoms with Crippen molar-refractivity contribution in [1.29, 1.82) is 0 Å². The van der Waals surface area contributed by atoms with Gasteiger partial charge in [-0.2, -0.15) is 0 Å². The molecule has 7 nitrogen and oxygen atoms in total. The van der Waals surface area contributed by atoms with E-state index in [9.17, 15) is 9.59 Å². The minimum absolute atomic E-state index is 0.102. The SMILES string of the molecule is COc1ccc(CCC(=O)NCCNC(=O)c2cc(Cl)ccc2OC)cc1OC. The summed E-state index contributed by atoms with van der Waals surface area (Å²) in [4.78, 5) is 24.3. The largest absolute Gasteiger partial charge is 0.496 e. The van der Waals surface area contributed by atoms with Crippen molar-refractivity contribution >= 4 is 23.4 Å². The maximum atomic E-state index is 12.3. The molecule has 2 amide bonds. The lowest BCUT2D eigenvalue weighted by Gasteiger charge is -2.11. The number of carbonyl (C=O) groups excluding carboxylic acids is 2. The van der Waals surface area contributed by atoms with Crippen LogP contribution in [-0.2, 0) is 11.2 Å². The van der Waals surface area contributed by atoms with Crippen molar-refractivity contribution in [1.82, 2.24) is 10.6 Å². The highest BCUT2D eigenvalue weighted by Gasteiger charge is 2.12. The number of benzene rings is 2. The van der Waals surface area contributed by atoms with Crippen molar-refractivity contribution in [3.8, 4) is 17.2 Å². The van der Waals surface area contributed by atoms with Crippen LogP contribution in [0.2, 0.25) is 5.02 Å². The second-order valence-electron chi connectivity index (χ2n) is 6.14. The Bertz CT molecular complexity index is 857. The van der Waals surface area contributed by atoms with E-state index in [0.717, 1.165) is 5.56 Å². The topological polar surface area (TPSA) is 85.9 Å². The van der Waals surface area contributed by atoms with Gasteiger partial charge in [0.15, 0.2) is 11.5 Å². The van der Waals surface area contributed by atoms with E-state index >= 15 is 0 Å². The number of hydrogen-bond donors (Lipinski definition) is 2. The predicted molar refractivity (Wildman–Crippen MR) is 111 cm³/mol. The molecular weight excluding hydrogens is 396 g/mol. The number of carbonyl (C=O) groups is 2. The van der Waals surface area contributed by atoms with Crippen molar-refractivity contribution in [3.63, 3.8) is 0 Å². The van der Waals surface area contributed by atoms with Crippen LogP contribution >= 0.6 is 11.6 Å². The Kier molecular flexibility index (Phi) is 8.61. The van der Waals surface area contributed by atoms with Gasteiger partial charge in [-0.05, 0) is 42.3 Å². The molecule has 0 aliphatic carbocycles. The number of ether oxygens (including phenoxy) is 3. The van der Waals surface area contributed by atoms with Crippen molar-refractivity contribution in [3.05, 3.63) is 52.5 Å². The van der Waals surface area contributed by atoms with Gasteiger partial charge in [0, 0.05) is 24.5 Å². The van der Waals surface area contributed by atoms with Crippen LogP contribution in [0, 0.1) is 0 Å². The fraction of sp³-hybridized carbons (Fsp3) is 0.333. The van der Waals surface area contributed by atoms with E-state index in [-0.39, 0.29) is 18.4 Å². The zero-order chi connectivity index (χ0) is 21.2. The molecule has 0 saturated heterocycles. The highest BCUT2D eigenvalue weighted by atomic mass is 35.5. The van der Waals surface area contributed by atoms with Crippen LogP contribution in [0.3, 0.4) is 0 Å². The number of rotatable bonds is 10. The molecule has 0 saturated carbocycles. The van der Waals surface area contributed by atoms with Gasteiger partial charge in [-0.25, -0.2) is 0 Å². The molecule has 0 aliphatic heterocycles. The molecular formula is C21H25ClN2O5. The lowest BCUT2D eigenvalue weighted by Crippen LogP contribution is -2.34. The summed E-state index contributed by atoms with van der Waals surface area (Å²) in [5.41, 5.74) is 1.32. The van der Waals surface area contributed by atoms with Crippen LogP contribution in [0.1, 0.15) is 22.3 Å². The molecule has 0 fully saturated rings. The smallest absolute Gasteiger partial charge is 0.255 e. The summed E-state index contributed by atoms with van der Waals surface area (Å²) in [6.07, 6.45) is 0.893. The Balaban J connectivity index is 1.75. The minimum Gasteiger partial charge on any atom is -0.496 e. The third-order valence-corrected chi connectivity index (χ3v) is 4.46. The Labute approximate surface area is 175 Å². The normalized spacial score (nSPS) is 10.2. The molecule has 8 heteroatoms. The number of nitrogens with one attached hydrogen (secondary N) is 2. The van der Waals surface area contributed by atoms with E-state index in [1.54, 1.807) is 26.4 Å². The van der Waals surface area contributed by atoms with Crippen LogP contribution in [0.25, 0.3) is 0 Å². The first kappa shape index (κ1) is 22.4. The highest BCUT2D eigenvalue weighted by molar-refractivity contribution is 6.31. The minimum atomic E-state index is -0.316. The van der Waals surface area contributed by atoms with Crippen LogP contribution in [0.15, 0.2) is 36.4 Å². The molecule has 0 aliphatic rings. The van der Waals surface area contributed by atoms with Gasteiger partial charge in [-0.1, -0.05) is 17.7 Å².